The summed E-state index contributed by atoms with van der Waals surface area (Å²) in [6.45, 7) is 4.35. The van der Waals surface area contributed by atoms with Crippen LogP contribution in [0.4, 0.5) is 4.79 Å². The zero-order valence-electron chi connectivity index (χ0n) is 13.8. The number of piperazine rings is 1. The van der Waals surface area contributed by atoms with Crippen molar-refractivity contribution in [3.63, 3.8) is 0 Å². The summed E-state index contributed by atoms with van der Waals surface area (Å²) < 4.78 is 0. The van der Waals surface area contributed by atoms with E-state index in [1.807, 2.05) is 6.92 Å². The van der Waals surface area contributed by atoms with Crippen LogP contribution in [0.1, 0.15) is 31.9 Å². The molecule has 7 heteroatoms. The minimum atomic E-state index is -0.872. The summed E-state index contributed by atoms with van der Waals surface area (Å²) >= 11 is 0. The first-order valence-corrected chi connectivity index (χ1v) is 7.96. The molecule has 2 atom stereocenters. The molecule has 1 aliphatic rings. The van der Waals surface area contributed by atoms with Crippen molar-refractivity contribution < 1.29 is 19.2 Å². The third-order valence-electron chi connectivity index (χ3n) is 4.13. The predicted molar refractivity (Wildman–Crippen MR) is 87.0 cm³/mol. The molecular weight excluding hydrogens is 310 g/mol. The molecule has 7 nitrogen and oxygen atoms in total. The number of carbonyl (C=O) groups is 4. The van der Waals surface area contributed by atoms with Crippen LogP contribution in [0.2, 0.25) is 0 Å². The molecule has 1 saturated heterocycles. The number of nitrogens with one attached hydrogen (secondary N) is 1. The number of urea groups is 1. The summed E-state index contributed by atoms with van der Waals surface area (Å²) in [6, 6.07) is 6.71. The van der Waals surface area contributed by atoms with Crippen LogP contribution in [-0.2, 0) is 14.4 Å². The summed E-state index contributed by atoms with van der Waals surface area (Å²) in [5.41, 5.74) is 0.611. The topological polar surface area (TPSA) is 86.8 Å². The Morgan fingerprint density at radius 3 is 2.46 bits per heavy atom. The van der Waals surface area contributed by atoms with E-state index in [2.05, 4.69) is 5.32 Å². The lowest BCUT2D eigenvalue weighted by Crippen LogP contribution is -2.63. The van der Waals surface area contributed by atoms with Gasteiger partial charge in [-0.2, -0.15) is 0 Å². The molecule has 0 aliphatic carbocycles. The highest BCUT2D eigenvalue weighted by atomic mass is 16.2. The number of hydrogen-bond donors (Lipinski definition) is 1. The Balaban J connectivity index is 2.19. The maximum atomic E-state index is 12.5. The first-order chi connectivity index (χ1) is 11.5. The van der Waals surface area contributed by atoms with E-state index in [4.69, 9.17) is 0 Å². The summed E-state index contributed by atoms with van der Waals surface area (Å²) in [4.78, 5) is 50.6. The average Bonchev–Trinajstić information content (AvgIpc) is 2.62. The van der Waals surface area contributed by atoms with Crippen molar-refractivity contribution in [2.45, 2.75) is 32.4 Å². The van der Waals surface area contributed by atoms with Crippen molar-refractivity contribution in [3.8, 4) is 0 Å². The molecule has 1 fully saturated rings. The van der Waals surface area contributed by atoms with Gasteiger partial charge in [0.05, 0.1) is 6.04 Å². The molecule has 0 spiro atoms. The Morgan fingerprint density at radius 1 is 1.25 bits per heavy atom. The van der Waals surface area contributed by atoms with E-state index < -0.39 is 29.9 Å². The van der Waals surface area contributed by atoms with Crippen molar-refractivity contribution in [2.24, 2.45) is 0 Å². The molecule has 1 aromatic rings. The molecule has 0 radical (unpaired) electrons. The quantitative estimate of drug-likeness (QED) is 0.647. The smallest absolute Gasteiger partial charge is 0.325 e. The lowest BCUT2D eigenvalue weighted by Gasteiger charge is -2.38. The van der Waals surface area contributed by atoms with Crippen molar-refractivity contribution >= 4 is 24.1 Å². The number of benzene rings is 1. The maximum Gasteiger partial charge on any atom is 0.325 e. The molecular formula is C17H21N3O4. The van der Waals surface area contributed by atoms with Crippen LogP contribution in [0.3, 0.4) is 0 Å². The lowest BCUT2D eigenvalue weighted by molar-refractivity contribution is -0.156. The van der Waals surface area contributed by atoms with Crippen molar-refractivity contribution in [1.82, 2.24) is 15.1 Å². The second-order valence-electron chi connectivity index (χ2n) is 5.55. The average molecular weight is 331 g/mol. The van der Waals surface area contributed by atoms with E-state index in [-0.39, 0.29) is 0 Å². The molecule has 2 rings (SSSR count). The molecule has 1 N–H and O–H groups in total. The van der Waals surface area contributed by atoms with Gasteiger partial charge >= 0.3 is 17.8 Å². The van der Waals surface area contributed by atoms with Crippen LogP contribution >= 0.6 is 0 Å². The predicted octanol–water partition coefficient (Wildman–Crippen LogP) is 1.11. The van der Waals surface area contributed by atoms with Crippen LogP contribution in [-0.4, -0.2) is 53.1 Å². The zero-order valence-corrected chi connectivity index (χ0v) is 13.8. The molecule has 24 heavy (non-hydrogen) atoms. The third kappa shape index (κ3) is 3.45. The highest BCUT2D eigenvalue weighted by Gasteiger charge is 2.41. The molecule has 4 amide bonds. The second-order valence-corrected chi connectivity index (χ2v) is 5.55. The van der Waals surface area contributed by atoms with Gasteiger partial charge in [0.25, 0.3) is 0 Å². The monoisotopic (exact) mass is 331 g/mol. The Bertz CT molecular complexity index is 632. The van der Waals surface area contributed by atoms with Gasteiger partial charge in [-0.3, -0.25) is 14.5 Å². The first kappa shape index (κ1) is 17.7. The van der Waals surface area contributed by atoms with Crippen LogP contribution in [0, 0.1) is 0 Å². The maximum absolute atomic E-state index is 12.5. The standard InChI is InChI=1S/C17H21N3O4/c1-3-13-10-19(4-2)15(22)16(23)20(13)17(24)18-14(11-21)12-8-6-5-7-9-12/h5-9,11,13-14H,3-4,10H2,1-2H3,(H,18,24). The number of hydrogen-bond acceptors (Lipinski definition) is 4. The Hall–Kier alpha value is -2.70. The number of aldehydes is 1. The lowest BCUT2D eigenvalue weighted by atomic mass is 10.1. The van der Waals surface area contributed by atoms with Crippen LogP contribution in [0.15, 0.2) is 30.3 Å². The van der Waals surface area contributed by atoms with Gasteiger partial charge in [-0.15, -0.1) is 0 Å². The number of rotatable bonds is 5. The van der Waals surface area contributed by atoms with Gasteiger partial charge in [0.2, 0.25) is 0 Å². The van der Waals surface area contributed by atoms with Gasteiger partial charge in [-0.25, -0.2) is 4.79 Å². The Kier molecular flexibility index (Phi) is 5.68. The van der Waals surface area contributed by atoms with Crippen molar-refractivity contribution in [2.75, 3.05) is 13.1 Å². The fraction of sp³-hybridized carbons (Fsp3) is 0.412. The highest BCUT2D eigenvalue weighted by molar-refractivity contribution is 6.38. The van der Waals surface area contributed by atoms with E-state index in [0.717, 1.165) is 4.90 Å². The van der Waals surface area contributed by atoms with Crippen LogP contribution < -0.4 is 5.32 Å². The summed E-state index contributed by atoms with van der Waals surface area (Å²) in [5, 5.41) is 2.53. The second kappa shape index (κ2) is 7.72. The Labute approximate surface area is 140 Å². The summed E-state index contributed by atoms with van der Waals surface area (Å²) in [5.74, 6) is -1.55. The molecule has 128 valence electrons. The molecule has 2 unspecified atom stereocenters. The molecule has 1 aliphatic heterocycles. The third-order valence-corrected chi connectivity index (χ3v) is 4.13. The molecule has 0 bridgehead atoms. The fourth-order valence-electron chi connectivity index (χ4n) is 2.72. The number of nitrogens with zero attached hydrogens (tertiary/aromatic N) is 2. The summed E-state index contributed by atoms with van der Waals surface area (Å²) in [6.07, 6.45) is 1.13. The number of carbonyl (C=O) groups excluding carboxylic acids is 4. The van der Waals surface area contributed by atoms with Gasteiger partial charge in [0, 0.05) is 13.1 Å². The largest absolute Gasteiger partial charge is 0.333 e. The van der Waals surface area contributed by atoms with Crippen molar-refractivity contribution in [3.05, 3.63) is 35.9 Å². The van der Waals surface area contributed by atoms with Crippen molar-refractivity contribution in [1.29, 1.82) is 0 Å². The molecule has 1 heterocycles. The van der Waals surface area contributed by atoms with Crippen LogP contribution in [0.5, 0.6) is 0 Å². The van der Waals surface area contributed by atoms with Gasteiger partial charge in [-0.1, -0.05) is 37.3 Å². The number of likely N-dealkylation sites (N-methyl/N-ethyl adjacent to an activating group) is 1. The van der Waals surface area contributed by atoms with Gasteiger partial charge in [0.1, 0.15) is 12.3 Å². The number of imide groups is 1. The van der Waals surface area contributed by atoms with E-state index in [1.54, 1.807) is 37.3 Å². The number of amides is 4. The Morgan fingerprint density at radius 2 is 1.92 bits per heavy atom. The van der Waals surface area contributed by atoms with E-state index >= 15 is 0 Å². The van der Waals surface area contributed by atoms with Crippen LogP contribution in [0.25, 0.3) is 0 Å². The zero-order chi connectivity index (χ0) is 17.7. The molecule has 0 saturated carbocycles. The van der Waals surface area contributed by atoms with E-state index in [1.165, 1.54) is 4.90 Å². The van der Waals surface area contributed by atoms with E-state index in [0.29, 0.717) is 31.4 Å². The minimum Gasteiger partial charge on any atom is -0.333 e. The van der Waals surface area contributed by atoms with E-state index in [9.17, 15) is 19.2 Å². The minimum absolute atomic E-state index is 0.308. The highest BCUT2D eigenvalue weighted by Crippen LogP contribution is 2.17. The fourth-order valence-corrected chi connectivity index (χ4v) is 2.72. The summed E-state index contributed by atoms with van der Waals surface area (Å²) in [7, 11) is 0. The molecule has 0 aromatic heterocycles. The van der Waals surface area contributed by atoms with Gasteiger partial charge in [-0.05, 0) is 18.9 Å². The molecule has 1 aromatic carbocycles. The SMILES string of the molecule is CCC1CN(CC)C(=O)C(=O)N1C(=O)NC(C=O)c1ccccc1. The first-order valence-electron chi connectivity index (χ1n) is 7.96. The van der Waals surface area contributed by atoms with Gasteiger partial charge < -0.3 is 15.0 Å². The normalized spacial score (nSPS) is 19.2. The van der Waals surface area contributed by atoms with Gasteiger partial charge in [0.15, 0.2) is 0 Å².